The topological polar surface area (TPSA) is 52.6 Å². The maximum Gasteiger partial charge on any atom is 0.333 e. The number of rotatable bonds is 7. The van der Waals surface area contributed by atoms with Gasteiger partial charge in [-0.05, 0) is 12.8 Å². The summed E-state index contributed by atoms with van der Waals surface area (Å²) in [4.78, 5) is 22.3. The fourth-order valence-corrected chi connectivity index (χ4v) is 0.762. The van der Waals surface area contributed by atoms with E-state index in [9.17, 15) is 9.59 Å². The van der Waals surface area contributed by atoms with Gasteiger partial charge in [-0.2, -0.15) is 0 Å². The Bertz CT molecular complexity index is 261. The van der Waals surface area contributed by atoms with Crippen molar-refractivity contribution in [2.75, 3.05) is 13.2 Å². The van der Waals surface area contributed by atoms with Crippen LogP contribution >= 0.6 is 0 Å². The maximum atomic E-state index is 11.1. The number of ether oxygens (including phenoxy) is 2. The van der Waals surface area contributed by atoms with E-state index in [1.807, 2.05) is 13.8 Å². The number of esters is 2. The van der Waals surface area contributed by atoms with Gasteiger partial charge >= 0.3 is 11.9 Å². The molecule has 0 saturated heterocycles. The van der Waals surface area contributed by atoms with Crippen molar-refractivity contribution in [1.82, 2.24) is 0 Å². The summed E-state index contributed by atoms with van der Waals surface area (Å²) in [5.41, 5.74) is 0.814. The Labute approximate surface area is 95.9 Å². The van der Waals surface area contributed by atoms with Crippen molar-refractivity contribution in [3.63, 3.8) is 0 Å². The molecule has 0 aliphatic carbocycles. The van der Waals surface area contributed by atoms with E-state index < -0.39 is 11.9 Å². The van der Waals surface area contributed by atoms with Crippen molar-refractivity contribution >= 4 is 11.9 Å². The van der Waals surface area contributed by atoms with E-state index in [1.165, 1.54) is 0 Å². The van der Waals surface area contributed by atoms with E-state index in [0.717, 1.165) is 0 Å². The highest BCUT2D eigenvalue weighted by molar-refractivity contribution is 5.88. The van der Waals surface area contributed by atoms with Crippen molar-refractivity contribution in [3.8, 4) is 0 Å². The zero-order chi connectivity index (χ0) is 12.6. The lowest BCUT2D eigenvalue weighted by Gasteiger charge is -2.07. The minimum atomic E-state index is -0.451. The van der Waals surface area contributed by atoms with Crippen molar-refractivity contribution < 1.29 is 19.1 Å². The quantitative estimate of drug-likeness (QED) is 0.378. The summed E-state index contributed by atoms with van der Waals surface area (Å²) in [5, 5.41) is 0. The lowest BCUT2D eigenvalue weighted by Crippen LogP contribution is -2.15. The molecule has 0 spiro atoms. The first kappa shape index (κ1) is 14.4. The summed E-state index contributed by atoms with van der Waals surface area (Å²) in [5.74, 6) is -0.902. The molecule has 0 radical (unpaired) electrons. The predicted molar refractivity (Wildman–Crippen MR) is 60.8 cm³/mol. The van der Waals surface area contributed by atoms with Crippen LogP contribution in [0.5, 0.6) is 0 Å². The molecule has 16 heavy (non-hydrogen) atoms. The van der Waals surface area contributed by atoms with Gasteiger partial charge in [-0.3, -0.25) is 0 Å². The molecular weight excluding hydrogens is 208 g/mol. The molecule has 90 valence electrons. The SMILES string of the molecule is C=C(CC)C(=O)OCCOC(=O)C(=C)CC. The highest BCUT2D eigenvalue weighted by atomic mass is 16.6. The van der Waals surface area contributed by atoms with E-state index in [-0.39, 0.29) is 13.2 Å². The van der Waals surface area contributed by atoms with Crippen LogP contribution in [0.25, 0.3) is 0 Å². The summed E-state index contributed by atoms with van der Waals surface area (Å²) in [6.07, 6.45) is 1.09. The predicted octanol–water partition coefficient (Wildman–Crippen LogP) is 2.01. The molecule has 0 aromatic carbocycles. The molecule has 0 bridgehead atoms. The molecule has 0 aromatic heterocycles. The van der Waals surface area contributed by atoms with E-state index in [1.54, 1.807) is 0 Å². The van der Waals surface area contributed by atoms with Gasteiger partial charge in [0.05, 0.1) is 0 Å². The number of carbonyl (C=O) groups excluding carboxylic acids is 2. The molecule has 0 rings (SSSR count). The fraction of sp³-hybridized carbons (Fsp3) is 0.500. The van der Waals surface area contributed by atoms with Gasteiger partial charge in [-0.1, -0.05) is 27.0 Å². The summed E-state index contributed by atoms with van der Waals surface area (Å²) >= 11 is 0. The van der Waals surface area contributed by atoms with Gasteiger partial charge in [0.25, 0.3) is 0 Å². The molecular formula is C12H18O4. The minimum absolute atomic E-state index is 0.0422. The van der Waals surface area contributed by atoms with Gasteiger partial charge in [-0.25, -0.2) is 9.59 Å². The largest absolute Gasteiger partial charge is 0.459 e. The third-order valence-corrected chi connectivity index (χ3v) is 1.98. The highest BCUT2D eigenvalue weighted by Crippen LogP contribution is 2.01. The smallest absolute Gasteiger partial charge is 0.333 e. The average Bonchev–Trinajstić information content (AvgIpc) is 2.31. The standard InChI is InChI=1S/C12H18O4/c1-5-9(3)11(13)15-7-8-16-12(14)10(4)6-2/h3-8H2,1-2H3. The molecule has 0 N–H and O–H groups in total. The Balaban J connectivity index is 3.69. The Hall–Kier alpha value is -1.58. The zero-order valence-electron chi connectivity index (χ0n) is 9.88. The second kappa shape index (κ2) is 7.68. The lowest BCUT2D eigenvalue weighted by atomic mass is 10.2. The maximum absolute atomic E-state index is 11.1. The first-order valence-electron chi connectivity index (χ1n) is 5.22. The van der Waals surface area contributed by atoms with Crippen LogP contribution in [0.1, 0.15) is 26.7 Å². The molecule has 0 amide bonds. The third kappa shape index (κ3) is 5.34. The van der Waals surface area contributed by atoms with Crippen LogP contribution in [0.3, 0.4) is 0 Å². The van der Waals surface area contributed by atoms with Crippen LogP contribution in [-0.4, -0.2) is 25.2 Å². The van der Waals surface area contributed by atoms with Gasteiger partial charge in [0, 0.05) is 11.1 Å². The fourth-order valence-electron chi connectivity index (χ4n) is 0.762. The monoisotopic (exact) mass is 226 g/mol. The summed E-state index contributed by atoms with van der Waals surface area (Å²) < 4.78 is 9.63. The molecule has 0 aliphatic heterocycles. The summed E-state index contributed by atoms with van der Waals surface area (Å²) in [7, 11) is 0. The van der Waals surface area contributed by atoms with Crippen LogP contribution in [0.4, 0.5) is 0 Å². The molecule has 0 aromatic rings. The Kier molecular flexibility index (Phi) is 6.92. The summed E-state index contributed by atoms with van der Waals surface area (Å²) in [6, 6.07) is 0. The number of hydrogen-bond acceptors (Lipinski definition) is 4. The Morgan fingerprint density at radius 2 is 1.19 bits per heavy atom. The van der Waals surface area contributed by atoms with E-state index >= 15 is 0 Å². The van der Waals surface area contributed by atoms with Crippen LogP contribution in [-0.2, 0) is 19.1 Å². The van der Waals surface area contributed by atoms with Crippen molar-refractivity contribution in [2.24, 2.45) is 0 Å². The van der Waals surface area contributed by atoms with E-state index in [0.29, 0.717) is 24.0 Å². The van der Waals surface area contributed by atoms with Crippen molar-refractivity contribution in [3.05, 3.63) is 24.3 Å². The highest BCUT2D eigenvalue weighted by Gasteiger charge is 2.08. The second-order valence-electron chi connectivity index (χ2n) is 3.19. The Morgan fingerprint density at radius 1 is 0.875 bits per heavy atom. The average molecular weight is 226 g/mol. The van der Waals surface area contributed by atoms with Gasteiger partial charge in [0.2, 0.25) is 0 Å². The number of hydrogen-bond donors (Lipinski definition) is 0. The van der Waals surface area contributed by atoms with Crippen LogP contribution < -0.4 is 0 Å². The van der Waals surface area contributed by atoms with Crippen molar-refractivity contribution in [2.45, 2.75) is 26.7 Å². The molecule has 0 atom stereocenters. The molecule has 0 unspecified atom stereocenters. The van der Waals surface area contributed by atoms with Crippen LogP contribution in [0.15, 0.2) is 24.3 Å². The van der Waals surface area contributed by atoms with E-state index in [4.69, 9.17) is 9.47 Å². The minimum Gasteiger partial charge on any atom is -0.459 e. The Morgan fingerprint density at radius 3 is 1.44 bits per heavy atom. The molecule has 0 aliphatic rings. The molecule has 4 nitrogen and oxygen atoms in total. The second-order valence-corrected chi connectivity index (χ2v) is 3.19. The molecule has 4 heteroatoms. The van der Waals surface area contributed by atoms with Crippen molar-refractivity contribution in [1.29, 1.82) is 0 Å². The normalized spacial score (nSPS) is 9.38. The van der Waals surface area contributed by atoms with Gasteiger partial charge in [-0.15, -0.1) is 0 Å². The molecule has 0 heterocycles. The van der Waals surface area contributed by atoms with Crippen LogP contribution in [0.2, 0.25) is 0 Å². The van der Waals surface area contributed by atoms with E-state index in [2.05, 4.69) is 13.2 Å². The third-order valence-electron chi connectivity index (χ3n) is 1.98. The van der Waals surface area contributed by atoms with Gasteiger partial charge < -0.3 is 9.47 Å². The summed E-state index contributed by atoms with van der Waals surface area (Å²) in [6.45, 7) is 10.8. The first-order chi connectivity index (χ1) is 7.52. The zero-order valence-corrected chi connectivity index (χ0v) is 9.88. The molecule has 0 fully saturated rings. The van der Waals surface area contributed by atoms with Crippen LogP contribution in [0, 0.1) is 0 Å². The van der Waals surface area contributed by atoms with Gasteiger partial charge in [0.15, 0.2) is 0 Å². The number of carbonyl (C=O) groups is 2. The van der Waals surface area contributed by atoms with Gasteiger partial charge in [0.1, 0.15) is 13.2 Å². The lowest BCUT2D eigenvalue weighted by molar-refractivity contribution is -0.147. The molecule has 0 saturated carbocycles. The first-order valence-corrected chi connectivity index (χ1v) is 5.22.